The number of hydrogen-bond acceptors (Lipinski definition) is 6. The Hall–Kier alpha value is -2.73. The van der Waals surface area contributed by atoms with Crippen LogP contribution in [0.4, 0.5) is 11.4 Å². The number of piperidine rings is 1. The van der Waals surface area contributed by atoms with Crippen LogP contribution >= 0.6 is 11.3 Å². The van der Waals surface area contributed by atoms with Crippen LogP contribution < -0.4 is 10.0 Å². The fraction of sp³-hybridized carbons (Fsp3) is 0.292. The van der Waals surface area contributed by atoms with Crippen LogP contribution in [0.15, 0.2) is 69.1 Å². The van der Waals surface area contributed by atoms with E-state index >= 15 is 0 Å². The van der Waals surface area contributed by atoms with Crippen molar-refractivity contribution in [2.45, 2.75) is 35.8 Å². The molecule has 2 aromatic carbocycles. The summed E-state index contributed by atoms with van der Waals surface area (Å²) >= 11 is 1.16. The second-order valence-electron chi connectivity index (χ2n) is 8.57. The second kappa shape index (κ2) is 10.1. The monoisotopic (exact) mass is 533 g/mol. The van der Waals surface area contributed by atoms with Crippen LogP contribution in [0.3, 0.4) is 0 Å². The summed E-state index contributed by atoms with van der Waals surface area (Å²) in [5.41, 5.74) is 2.81. The Morgan fingerprint density at radius 2 is 1.77 bits per heavy atom. The quantitative estimate of drug-likeness (QED) is 0.473. The van der Waals surface area contributed by atoms with Gasteiger partial charge in [-0.15, -0.1) is 11.3 Å². The van der Waals surface area contributed by atoms with Gasteiger partial charge in [-0.2, -0.15) is 4.31 Å². The summed E-state index contributed by atoms with van der Waals surface area (Å²) in [6, 6.07) is 14.6. The molecule has 1 aliphatic heterocycles. The maximum absolute atomic E-state index is 12.9. The van der Waals surface area contributed by atoms with Crippen molar-refractivity contribution in [3.8, 4) is 0 Å². The summed E-state index contributed by atoms with van der Waals surface area (Å²) in [6.07, 6.45) is 1.17. The number of benzene rings is 2. The van der Waals surface area contributed by atoms with Crippen molar-refractivity contribution in [2.24, 2.45) is 5.92 Å². The molecule has 35 heavy (non-hydrogen) atoms. The van der Waals surface area contributed by atoms with Gasteiger partial charge in [-0.05, 0) is 74.0 Å². The van der Waals surface area contributed by atoms with Gasteiger partial charge in [0.15, 0.2) is 0 Å². The van der Waals surface area contributed by atoms with E-state index in [9.17, 15) is 21.6 Å². The van der Waals surface area contributed by atoms with Gasteiger partial charge in [-0.3, -0.25) is 9.52 Å². The summed E-state index contributed by atoms with van der Waals surface area (Å²) in [7, 11) is -7.41. The summed E-state index contributed by atoms with van der Waals surface area (Å²) in [5, 5.41) is 4.50. The van der Waals surface area contributed by atoms with Crippen LogP contribution in [0.2, 0.25) is 0 Å². The topological polar surface area (TPSA) is 113 Å². The number of carbonyl (C=O) groups excluding carboxylic acids is 1. The van der Waals surface area contributed by atoms with Crippen molar-refractivity contribution < 1.29 is 21.6 Å². The smallest absolute Gasteiger partial charge is 0.261 e. The van der Waals surface area contributed by atoms with Gasteiger partial charge in [0.25, 0.3) is 20.0 Å². The summed E-state index contributed by atoms with van der Waals surface area (Å²) in [4.78, 5) is 12.9. The molecule has 186 valence electrons. The Labute approximate surface area is 210 Å². The predicted molar refractivity (Wildman–Crippen MR) is 138 cm³/mol. The molecule has 1 amide bonds. The zero-order valence-electron chi connectivity index (χ0n) is 19.4. The van der Waals surface area contributed by atoms with Crippen LogP contribution in [0.5, 0.6) is 0 Å². The maximum atomic E-state index is 12.9. The van der Waals surface area contributed by atoms with Gasteiger partial charge >= 0.3 is 0 Å². The van der Waals surface area contributed by atoms with E-state index < -0.39 is 26.0 Å². The van der Waals surface area contributed by atoms with Crippen LogP contribution in [0, 0.1) is 19.8 Å². The first-order valence-electron chi connectivity index (χ1n) is 11.1. The van der Waals surface area contributed by atoms with E-state index in [2.05, 4.69) is 10.0 Å². The SMILES string of the molecule is Cc1ccc(NS(=O)(=O)c2ccc(NC(=O)[C@@H]3CCCN(S(=O)(=O)c4cccs4)C3)cc2)c(C)c1. The highest BCUT2D eigenvalue weighted by atomic mass is 32.2. The van der Waals surface area contributed by atoms with Gasteiger partial charge in [-0.1, -0.05) is 23.8 Å². The highest BCUT2D eigenvalue weighted by Gasteiger charge is 2.33. The normalized spacial score (nSPS) is 17.1. The third-order valence-electron chi connectivity index (χ3n) is 5.90. The van der Waals surface area contributed by atoms with Crippen molar-refractivity contribution >= 4 is 48.7 Å². The molecule has 1 fully saturated rings. The number of sulfonamides is 2. The first kappa shape index (κ1) is 25.4. The molecule has 0 saturated carbocycles. The van der Waals surface area contributed by atoms with Gasteiger partial charge < -0.3 is 5.32 Å². The van der Waals surface area contributed by atoms with E-state index in [4.69, 9.17) is 0 Å². The van der Waals surface area contributed by atoms with E-state index in [1.54, 1.807) is 23.6 Å². The third-order valence-corrected chi connectivity index (χ3v) is 10.5. The minimum atomic E-state index is -3.79. The Bertz CT molecular complexity index is 1420. The molecule has 2 heterocycles. The average Bonchev–Trinajstić information content (AvgIpc) is 3.37. The highest BCUT2D eigenvalue weighted by molar-refractivity contribution is 7.92. The Morgan fingerprint density at radius 3 is 2.43 bits per heavy atom. The Morgan fingerprint density at radius 1 is 1.03 bits per heavy atom. The number of nitrogens with one attached hydrogen (secondary N) is 2. The molecule has 8 nitrogen and oxygen atoms in total. The van der Waals surface area contributed by atoms with Gasteiger partial charge in [-0.25, -0.2) is 16.8 Å². The Kier molecular flexibility index (Phi) is 7.32. The van der Waals surface area contributed by atoms with Crippen molar-refractivity contribution in [2.75, 3.05) is 23.1 Å². The number of nitrogens with zero attached hydrogens (tertiary/aromatic N) is 1. The van der Waals surface area contributed by atoms with E-state index in [0.29, 0.717) is 30.8 Å². The fourth-order valence-corrected chi connectivity index (χ4v) is 7.80. The average molecular weight is 534 g/mol. The van der Waals surface area contributed by atoms with Gasteiger partial charge in [0.1, 0.15) is 4.21 Å². The van der Waals surface area contributed by atoms with Crippen LogP contribution in [0.1, 0.15) is 24.0 Å². The zero-order chi connectivity index (χ0) is 25.2. The first-order chi connectivity index (χ1) is 16.6. The molecule has 3 aromatic rings. The predicted octanol–water partition coefficient (Wildman–Crippen LogP) is 4.21. The number of aryl methyl sites for hydroxylation is 2. The van der Waals surface area contributed by atoms with Crippen LogP contribution in [-0.4, -0.2) is 40.1 Å². The maximum Gasteiger partial charge on any atom is 0.261 e. The fourth-order valence-electron chi connectivity index (χ4n) is 4.01. The molecule has 0 radical (unpaired) electrons. The van der Waals surface area contributed by atoms with Crippen LogP contribution in [-0.2, 0) is 24.8 Å². The number of hydrogen-bond donors (Lipinski definition) is 2. The van der Waals surface area contributed by atoms with E-state index in [1.807, 2.05) is 26.0 Å². The van der Waals surface area contributed by atoms with Crippen molar-refractivity contribution in [1.29, 1.82) is 0 Å². The largest absolute Gasteiger partial charge is 0.326 e. The van der Waals surface area contributed by atoms with Crippen molar-refractivity contribution in [3.05, 3.63) is 71.1 Å². The summed E-state index contributed by atoms with van der Waals surface area (Å²) in [5.74, 6) is -0.784. The molecular weight excluding hydrogens is 506 g/mol. The minimum absolute atomic E-state index is 0.0707. The van der Waals surface area contributed by atoms with Gasteiger partial charge in [0, 0.05) is 18.8 Å². The molecule has 0 aliphatic carbocycles. The summed E-state index contributed by atoms with van der Waals surface area (Å²) < 4.78 is 55.4. The lowest BCUT2D eigenvalue weighted by molar-refractivity contribution is -0.120. The molecule has 1 atom stereocenters. The zero-order valence-corrected chi connectivity index (χ0v) is 21.8. The molecule has 4 rings (SSSR count). The molecular formula is C24H27N3O5S3. The lowest BCUT2D eigenvalue weighted by Gasteiger charge is -2.30. The van der Waals surface area contributed by atoms with E-state index in [-0.39, 0.29) is 21.6 Å². The first-order valence-corrected chi connectivity index (χ1v) is 14.9. The molecule has 2 N–H and O–H groups in total. The van der Waals surface area contributed by atoms with Gasteiger partial charge in [0.05, 0.1) is 16.5 Å². The van der Waals surface area contributed by atoms with Gasteiger partial charge in [0.2, 0.25) is 5.91 Å². The number of amides is 1. The molecule has 0 unspecified atom stereocenters. The van der Waals surface area contributed by atoms with Crippen molar-refractivity contribution in [1.82, 2.24) is 4.31 Å². The standard InChI is InChI=1S/C24H27N3O5S3/c1-17-7-12-22(18(2)15-17)26-34(29,30)21-10-8-20(9-11-21)25-24(28)19-5-3-13-27(16-19)35(31,32)23-6-4-14-33-23/h4,6-12,14-15,19,26H,3,5,13,16H2,1-2H3,(H,25,28)/t19-/m1/s1. The second-order valence-corrected chi connectivity index (χ2v) is 13.4. The molecule has 0 spiro atoms. The molecule has 0 bridgehead atoms. The Balaban J connectivity index is 1.41. The molecule has 1 aromatic heterocycles. The number of thiophene rings is 1. The molecule has 11 heteroatoms. The minimum Gasteiger partial charge on any atom is -0.326 e. The van der Waals surface area contributed by atoms with E-state index in [0.717, 1.165) is 22.5 Å². The highest BCUT2D eigenvalue weighted by Crippen LogP contribution is 2.27. The number of rotatable bonds is 7. The van der Waals surface area contributed by atoms with E-state index in [1.165, 1.54) is 28.6 Å². The third kappa shape index (κ3) is 5.75. The number of anilines is 2. The summed E-state index contributed by atoms with van der Waals surface area (Å²) in [6.45, 7) is 4.26. The molecule has 1 saturated heterocycles. The van der Waals surface area contributed by atoms with Crippen LogP contribution in [0.25, 0.3) is 0 Å². The molecule has 1 aliphatic rings. The van der Waals surface area contributed by atoms with Crippen molar-refractivity contribution in [3.63, 3.8) is 0 Å². The lowest BCUT2D eigenvalue weighted by atomic mass is 9.99. The number of carbonyl (C=O) groups is 1. The lowest BCUT2D eigenvalue weighted by Crippen LogP contribution is -2.43.